The third-order valence-corrected chi connectivity index (χ3v) is 4.15. The third-order valence-electron chi connectivity index (χ3n) is 3.87. The molecule has 0 aliphatic carbocycles. The molecule has 98 valence electrons. The van der Waals surface area contributed by atoms with E-state index in [4.69, 9.17) is 16.3 Å². The van der Waals surface area contributed by atoms with Crippen LogP contribution in [0.2, 0.25) is 5.02 Å². The average molecular weight is 270 g/mol. The highest BCUT2D eigenvalue weighted by molar-refractivity contribution is 6.30. The van der Waals surface area contributed by atoms with Crippen LogP contribution in [0.15, 0.2) is 18.2 Å². The highest BCUT2D eigenvalue weighted by Crippen LogP contribution is 2.29. The van der Waals surface area contributed by atoms with Crippen molar-refractivity contribution in [2.24, 2.45) is 0 Å². The summed E-state index contributed by atoms with van der Waals surface area (Å²) in [4.78, 5) is 0. The van der Waals surface area contributed by atoms with E-state index in [0.29, 0.717) is 17.8 Å². The fourth-order valence-corrected chi connectivity index (χ4v) is 3.22. The minimum Gasteiger partial charge on any atom is -0.490 e. The van der Waals surface area contributed by atoms with Crippen LogP contribution in [0, 0.1) is 5.82 Å². The van der Waals surface area contributed by atoms with Crippen LogP contribution in [-0.4, -0.2) is 18.2 Å². The van der Waals surface area contributed by atoms with Crippen molar-refractivity contribution in [1.29, 1.82) is 0 Å². The summed E-state index contributed by atoms with van der Waals surface area (Å²) in [5, 5.41) is 3.75. The third kappa shape index (κ3) is 2.62. The molecule has 0 unspecified atom stereocenters. The molecule has 2 fully saturated rings. The maximum Gasteiger partial charge on any atom is 0.142 e. The molecule has 3 atom stereocenters. The number of piperidine rings is 2. The summed E-state index contributed by atoms with van der Waals surface area (Å²) in [5.74, 6) is 0.276. The van der Waals surface area contributed by atoms with E-state index in [0.717, 1.165) is 12.8 Å². The molecule has 0 radical (unpaired) electrons. The van der Waals surface area contributed by atoms with Crippen LogP contribution in [0.1, 0.15) is 32.1 Å². The number of hydrogen-bond acceptors (Lipinski definition) is 2. The predicted octanol–water partition coefficient (Wildman–Crippen LogP) is 3.53. The van der Waals surface area contributed by atoms with Crippen molar-refractivity contribution in [3.05, 3.63) is 29.0 Å². The summed E-state index contributed by atoms with van der Waals surface area (Å²) >= 11 is 5.76. The molecule has 0 amide bonds. The summed E-state index contributed by atoms with van der Waals surface area (Å²) in [6, 6.07) is 5.74. The lowest BCUT2D eigenvalue weighted by atomic mass is 9.85. The molecule has 2 nitrogen and oxygen atoms in total. The summed E-state index contributed by atoms with van der Waals surface area (Å²) in [7, 11) is 0. The standard InChI is InChI=1S/C14H17ClFNO/c15-13-8-11(4-5-14(13)16)18-12-6-9-2-1-3-10(7-12)17-9/h4-5,8-10,12,17H,1-3,6-7H2/t9-,10+,12+. The van der Waals surface area contributed by atoms with Crippen LogP contribution in [0.4, 0.5) is 4.39 Å². The Labute approximate surface area is 111 Å². The fraction of sp³-hybridized carbons (Fsp3) is 0.571. The molecular weight excluding hydrogens is 253 g/mol. The number of nitrogens with one attached hydrogen (secondary N) is 1. The van der Waals surface area contributed by atoms with Gasteiger partial charge in [-0.3, -0.25) is 0 Å². The van der Waals surface area contributed by atoms with Gasteiger partial charge in [0, 0.05) is 18.2 Å². The van der Waals surface area contributed by atoms with E-state index in [1.54, 1.807) is 12.1 Å². The molecule has 18 heavy (non-hydrogen) atoms. The topological polar surface area (TPSA) is 21.3 Å². The number of benzene rings is 1. The Morgan fingerprint density at radius 2 is 1.94 bits per heavy atom. The normalized spacial score (nSPS) is 31.1. The van der Waals surface area contributed by atoms with Gasteiger partial charge in [0.1, 0.15) is 17.7 Å². The summed E-state index contributed by atoms with van der Waals surface area (Å²) in [5.41, 5.74) is 0. The first kappa shape index (κ1) is 12.2. The van der Waals surface area contributed by atoms with Crippen molar-refractivity contribution in [3.63, 3.8) is 0 Å². The summed E-state index contributed by atoms with van der Waals surface area (Å²) in [6.45, 7) is 0. The van der Waals surface area contributed by atoms with Crippen LogP contribution in [-0.2, 0) is 0 Å². The van der Waals surface area contributed by atoms with Gasteiger partial charge in [-0.15, -0.1) is 0 Å². The minimum absolute atomic E-state index is 0.127. The minimum atomic E-state index is -0.397. The van der Waals surface area contributed by atoms with Gasteiger partial charge >= 0.3 is 0 Å². The lowest BCUT2D eigenvalue weighted by molar-refractivity contribution is 0.0927. The smallest absolute Gasteiger partial charge is 0.142 e. The Kier molecular flexibility index (Phi) is 3.44. The number of hydrogen-bond donors (Lipinski definition) is 1. The number of fused-ring (bicyclic) bond motifs is 2. The zero-order valence-electron chi connectivity index (χ0n) is 10.2. The second kappa shape index (κ2) is 5.06. The molecule has 0 spiro atoms. The van der Waals surface area contributed by atoms with Gasteiger partial charge in [0.2, 0.25) is 0 Å². The van der Waals surface area contributed by atoms with E-state index < -0.39 is 5.82 Å². The summed E-state index contributed by atoms with van der Waals surface area (Å²) in [6.07, 6.45) is 6.08. The second-order valence-electron chi connectivity index (χ2n) is 5.28. The van der Waals surface area contributed by atoms with Crippen molar-refractivity contribution in [2.45, 2.75) is 50.3 Å². The lowest BCUT2D eigenvalue weighted by Gasteiger charge is -2.40. The number of ether oxygens (including phenoxy) is 1. The van der Waals surface area contributed by atoms with Crippen molar-refractivity contribution in [1.82, 2.24) is 5.32 Å². The highest BCUT2D eigenvalue weighted by Gasteiger charge is 2.32. The average Bonchev–Trinajstić information content (AvgIpc) is 2.33. The predicted molar refractivity (Wildman–Crippen MR) is 69.6 cm³/mol. The van der Waals surface area contributed by atoms with E-state index in [1.807, 2.05) is 0 Å². The number of halogens is 2. The molecule has 1 aromatic rings. The van der Waals surface area contributed by atoms with Gasteiger partial charge in [0.25, 0.3) is 0 Å². The van der Waals surface area contributed by atoms with Gasteiger partial charge in [0.05, 0.1) is 5.02 Å². The van der Waals surface area contributed by atoms with Gasteiger partial charge in [0.15, 0.2) is 0 Å². The number of rotatable bonds is 2. The maximum atomic E-state index is 13.1. The van der Waals surface area contributed by atoms with Crippen LogP contribution in [0.3, 0.4) is 0 Å². The van der Waals surface area contributed by atoms with Gasteiger partial charge in [-0.05, 0) is 37.8 Å². The van der Waals surface area contributed by atoms with E-state index >= 15 is 0 Å². The maximum absolute atomic E-state index is 13.1. The van der Waals surface area contributed by atoms with Crippen molar-refractivity contribution in [2.75, 3.05) is 0 Å². The monoisotopic (exact) mass is 269 g/mol. The van der Waals surface area contributed by atoms with Crippen LogP contribution in [0.5, 0.6) is 5.75 Å². The van der Waals surface area contributed by atoms with E-state index in [9.17, 15) is 4.39 Å². The van der Waals surface area contributed by atoms with Crippen LogP contribution >= 0.6 is 11.6 Å². The first-order valence-corrected chi connectivity index (χ1v) is 6.96. The molecule has 2 saturated heterocycles. The van der Waals surface area contributed by atoms with Crippen LogP contribution in [0.25, 0.3) is 0 Å². The van der Waals surface area contributed by atoms with E-state index in [-0.39, 0.29) is 11.1 Å². The Balaban J connectivity index is 1.67. The molecule has 0 aromatic heterocycles. The molecule has 1 aromatic carbocycles. The van der Waals surface area contributed by atoms with Gasteiger partial charge in [-0.1, -0.05) is 18.0 Å². The first-order chi connectivity index (χ1) is 8.70. The zero-order valence-corrected chi connectivity index (χ0v) is 10.9. The van der Waals surface area contributed by atoms with Crippen molar-refractivity contribution < 1.29 is 9.13 Å². The van der Waals surface area contributed by atoms with Gasteiger partial charge < -0.3 is 10.1 Å². The zero-order chi connectivity index (χ0) is 12.5. The summed E-state index contributed by atoms with van der Waals surface area (Å²) < 4.78 is 19.0. The van der Waals surface area contributed by atoms with E-state index in [1.165, 1.54) is 25.3 Å². The lowest BCUT2D eigenvalue weighted by Crippen LogP contribution is -2.51. The molecule has 2 aliphatic heterocycles. The molecule has 1 N–H and O–H groups in total. The second-order valence-corrected chi connectivity index (χ2v) is 5.69. The van der Waals surface area contributed by atoms with Gasteiger partial charge in [-0.2, -0.15) is 0 Å². The van der Waals surface area contributed by atoms with Crippen LogP contribution < -0.4 is 10.1 Å². The molecular formula is C14H17ClFNO. The Hall–Kier alpha value is -0.800. The fourth-order valence-electron chi connectivity index (χ4n) is 3.05. The molecule has 2 heterocycles. The molecule has 4 heteroatoms. The molecule has 0 saturated carbocycles. The Morgan fingerprint density at radius 1 is 1.22 bits per heavy atom. The molecule has 3 rings (SSSR count). The van der Waals surface area contributed by atoms with Crippen molar-refractivity contribution in [3.8, 4) is 5.75 Å². The Morgan fingerprint density at radius 3 is 2.61 bits per heavy atom. The highest BCUT2D eigenvalue weighted by atomic mass is 35.5. The Bertz CT molecular complexity index is 428. The SMILES string of the molecule is Fc1ccc(O[C@H]2C[C@H]3CCC[C@@H](C2)N3)cc1Cl. The molecule has 2 bridgehead atoms. The van der Waals surface area contributed by atoms with E-state index in [2.05, 4.69) is 5.32 Å². The quantitative estimate of drug-likeness (QED) is 0.887. The molecule has 2 aliphatic rings. The largest absolute Gasteiger partial charge is 0.490 e. The van der Waals surface area contributed by atoms with Gasteiger partial charge in [-0.25, -0.2) is 4.39 Å². The first-order valence-electron chi connectivity index (χ1n) is 6.58. The van der Waals surface area contributed by atoms with Crippen molar-refractivity contribution >= 4 is 11.6 Å².